The van der Waals surface area contributed by atoms with Gasteiger partial charge in [0.2, 0.25) is 0 Å². The average molecular weight is 466 g/mol. The first-order chi connectivity index (χ1) is 15.5. The van der Waals surface area contributed by atoms with Crippen molar-refractivity contribution in [3.05, 3.63) is 88.0 Å². The SMILES string of the molecule is CCCCCc1ccc(-c2cc(F)c(C(F)(F)Oc3cc(F)c(C)c(F)c3C)c(F)c2)cc1. The highest BCUT2D eigenvalue weighted by atomic mass is 19.3. The minimum absolute atomic E-state index is 0.0771. The minimum Gasteiger partial charge on any atom is -0.428 e. The summed E-state index contributed by atoms with van der Waals surface area (Å²) in [7, 11) is 0. The lowest BCUT2D eigenvalue weighted by atomic mass is 9.99. The molecule has 33 heavy (non-hydrogen) atoms. The van der Waals surface area contributed by atoms with Gasteiger partial charge in [-0.2, -0.15) is 8.78 Å². The Morgan fingerprint density at radius 1 is 0.758 bits per heavy atom. The quantitative estimate of drug-likeness (QED) is 0.239. The molecule has 0 N–H and O–H groups in total. The van der Waals surface area contributed by atoms with Crippen LogP contribution in [0.4, 0.5) is 26.3 Å². The lowest BCUT2D eigenvalue weighted by molar-refractivity contribution is -0.190. The monoisotopic (exact) mass is 466 g/mol. The highest BCUT2D eigenvalue weighted by molar-refractivity contribution is 5.64. The van der Waals surface area contributed by atoms with Crippen LogP contribution < -0.4 is 4.74 Å². The van der Waals surface area contributed by atoms with Gasteiger partial charge in [0.05, 0.1) is 0 Å². The lowest BCUT2D eigenvalue weighted by Crippen LogP contribution is -2.26. The van der Waals surface area contributed by atoms with E-state index in [1.54, 1.807) is 12.1 Å². The van der Waals surface area contributed by atoms with Gasteiger partial charge in [0.15, 0.2) is 0 Å². The molecule has 1 nitrogen and oxygen atoms in total. The molecule has 0 aliphatic heterocycles. The summed E-state index contributed by atoms with van der Waals surface area (Å²) in [5.41, 5.74) is -0.804. The molecule has 0 saturated heterocycles. The van der Waals surface area contributed by atoms with Gasteiger partial charge in [0.1, 0.15) is 34.6 Å². The molecule has 3 aromatic rings. The van der Waals surface area contributed by atoms with Gasteiger partial charge in [-0.15, -0.1) is 0 Å². The standard InChI is InChI=1S/C26H24F6O/c1-4-5-6-7-17-8-10-18(11-9-17)19-12-21(28)24(22(29)13-19)26(31,32)33-23-14-20(27)15(2)25(30)16(23)3/h8-14H,4-7H2,1-3H3. The van der Waals surface area contributed by atoms with Crippen LogP contribution in [0, 0.1) is 37.1 Å². The normalized spacial score (nSPS) is 11.7. The first-order valence-corrected chi connectivity index (χ1v) is 10.7. The molecule has 0 aliphatic carbocycles. The van der Waals surface area contributed by atoms with E-state index in [4.69, 9.17) is 0 Å². The molecule has 0 aromatic heterocycles. The maximum Gasteiger partial charge on any atom is 0.432 e. The number of alkyl halides is 2. The molecule has 0 radical (unpaired) electrons. The minimum atomic E-state index is -4.51. The van der Waals surface area contributed by atoms with E-state index in [0.29, 0.717) is 11.6 Å². The van der Waals surface area contributed by atoms with Crippen molar-refractivity contribution < 1.29 is 31.1 Å². The highest BCUT2D eigenvalue weighted by Gasteiger charge is 2.42. The Balaban J connectivity index is 1.89. The predicted molar refractivity (Wildman–Crippen MR) is 115 cm³/mol. The molecule has 0 bridgehead atoms. The van der Waals surface area contributed by atoms with Crippen LogP contribution in [-0.2, 0) is 12.5 Å². The van der Waals surface area contributed by atoms with Gasteiger partial charge in [-0.25, -0.2) is 17.6 Å². The Labute approximate surface area is 189 Å². The third-order valence-corrected chi connectivity index (χ3v) is 5.57. The Kier molecular flexibility index (Phi) is 7.40. The summed E-state index contributed by atoms with van der Waals surface area (Å²) in [6, 6.07) is 9.13. The molecule has 7 heteroatoms. The third-order valence-electron chi connectivity index (χ3n) is 5.57. The van der Waals surface area contributed by atoms with E-state index < -0.39 is 46.3 Å². The second kappa shape index (κ2) is 9.89. The van der Waals surface area contributed by atoms with Gasteiger partial charge in [-0.05, 0) is 55.5 Å². The van der Waals surface area contributed by atoms with Crippen molar-refractivity contribution in [3.8, 4) is 16.9 Å². The number of ether oxygens (including phenoxy) is 1. The van der Waals surface area contributed by atoms with Crippen molar-refractivity contribution in [2.45, 2.75) is 52.6 Å². The fraction of sp³-hybridized carbons (Fsp3) is 0.308. The number of benzene rings is 3. The summed E-state index contributed by atoms with van der Waals surface area (Å²) in [4.78, 5) is 0. The molecular formula is C26H24F6O. The lowest BCUT2D eigenvalue weighted by Gasteiger charge is -2.21. The van der Waals surface area contributed by atoms with E-state index in [0.717, 1.165) is 57.2 Å². The summed E-state index contributed by atoms with van der Waals surface area (Å²) in [6.07, 6.45) is -0.424. The summed E-state index contributed by atoms with van der Waals surface area (Å²) >= 11 is 0. The highest BCUT2D eigenvalue weighted by Crippen LogP contribution is 2.39. The van der Waals surface area contributed by atoms with Crippen molar-refractivity contribution in [2.75, 3.05) is 0 Å². The average Bonchev–Trinajstić information content (AvgIpc) is 2.75. The smallest absolute Gasteiger partial charge is 0.428 e. The maximum atomic E-state index is 14.7. The van der Waals surface area contributed by atoms with Crippen LogP contribution in [0.15, 0.2) is 42.5 Å². The number of aryl methyl sites for hydroxylation is 1. The first-order valence-electron chi connectivity index (χ1n) is 10.7. The van der Waals surface area contributed by atoms with Crippen molar-refractivity contribution in [1.82, 2.24) is 0 Å². The Morgan fingerprint density at radius 2 is 1.36 bits per heavy atom. The zero-order chi connectivity index (χ0) is 24.3. The molecule has 3 rings (SSSR count). The predicted octanol–water partition coefficient (Wildman–Crippen LogP) is 8.39. The van der Waals surface area contributed by atoms with Crippen LogP contribution >= 0.6 is 0 Å². The van der Waals surface area contributed by atoms with Crippen LogP contribution in [0.2, 0.25) is 0 Å². The molecular weight excluding hydrogens is 442 g/mol. The largest absolute Gasteiger partial charge is 0.432 e. The summed E-state index contributed by atoms with van der Waals surface area (Å²) < 4.78 is 90.9. The molecule has 0 saturated carbocycles. The number of rotatable bonds is 8. The second-order valence-electron chi connectivity index (χ2n) is 8.01. The van der Waals surface area contributed by atoms with E-state index in [1.807, 2.05) is 12.1 Å². The molecule has 0 atom stereocenters. The van der Waals surface area contributed by atoms with E-state index >= 15 is 0 Å². The Bertz CT molecular complexity index is 1120. The molecule has 0 amide bonds. The number of unbranched alkanes of at least 4 members (excludes halogenated alkanes) is 2. The molecule has 0 aliphatic rings. The number of halogens is 6. The van der Waals surface area contributed by atoms with Gasteiger partial charge in [-0.3, -0.25) is 0 Å². The molecule has 176 valence electrons. The van der Waals surface area contributed by atoms with Crippen LogP contribution in [-0.4, -0.2) is 0 Å². The van der Waals surface area contributed by atoms with E-state index in [-0.39, 0.29) is 11.1 Å². The number of hydrogen-bond acceptors (Lipinski definition) is 1. The topological polar surface area (TPSA) is 9.23 Å². The van der Waals surface area contributed by atoms with Crippen molar-refractivity contribution in [1.29, 1.82) is 0 Å². The zero-order valence-corrected chi connectivity index (χ0v) is 18.5. The molecule has 0 fully saturated rings. The maximum absolute atomic E-state index is 14.7. The van der Waals surface area contributed by atoms with Gasteiger partial charge in [0.25, 0.3) is 0 Å². The van der Waals surface area contributed by atoms with Gasteiger partial charge in [-0.1, -0.05) is 44.0 Å². The molecule has 0 unspecified atom stereocenters. The van der Waals surface area contributed by atoms with Crippen LogP contribution in [0.3, 0.4) is 0 Å². The van der Waals surface area contributed by atoms with Crippen LogP contribution in [0.5, 0.6) is 5.75 Å². The van der Waals surface area contributed by atoms with Gasteiger partial charge < -0.3 is 4.74 Å². The van der Waals surface area contributed by atoms with E-state index in [2.05, 4.69) is 11.7 Å². The van der Waals surface area contributed by atoms with Gasteiger partial charge in [0, 0.05) is 17.2 Å². The van der Waals surface area contributed by atoms with E-state index in [9.17, 15) is 26.3 Å². The molecule has 3 aromatic carbocycles. The Hall–Kier alpha value is -2.96. The molecule has 0 spiro atoms. The van der Waals surface area contributed by atoms with Crippen molar-refractivity contribution in [3.63, 3.8) is 0 Å². The van der Waals surface area contributed by atoms with E-state index in [1.165, 1.54) is 0 Å². The second-order valence-corrected chi connectivity index (χ2v) is 8.01. The van der Waals surface area contributed by atoms with Crippen molar-refractivity contribution in [2.24, 2.45) is 0 Å². The van der Waals surface area contributed by atoms with Gasteiger partial charge >= 0.3 is 6.11 Å². The fourth-order valence-electron chi connectivity index (χ4n) is 3.58. The summed E-state index contributed by atoms with van der Waals surface area (Å²) in [5, 5.41) is 0. The fourth-order valence-corrected chi connectivity index (χ4v) is 3.58. The zero-order valence-electron chi connectivity index (χ0n) is 18.5. The first kappa shape index (κ1) is 24.7. The summed E-state index contributed by atoms with van der Waals surface area (Å²) in [6.45, 7) is 4.34. The van der Waals surface area contributed by atoms with Crippen LogP contribution in [0.1, 0.15) is 48.4 Å². The number of hydrogen-bond donors (Lipinski definition) is 0. The summed E-state index contributed by atoms with van der Waals surface area (Å²) in [5.74, 6) is -6.10. The Morgan fingerprint density at radius 3 is 1.94 bits per heavy atom. The molecule has 0 heterocycles. The van der Waals surface area contributed by atoms with Crippen LogP contribution in [0.25, 0.3) is 11.1 Å². The third kappa shape index (κ3) is 5.34. The van der Waals surface area contributed by atoms with Crippen molar-refractivity contribution >= 4 is 0 Å².